The predicted octanol–water partition coefficient (Wildman–Crippen LogP) is 1.67. The number of aromatic amines is 2. The zero-order valence-electron chi connectivity index (χ0n) is 11.2. The molecule has 0 aliphatic carbocycles. The number of aromatic nitrogens is 2. The van der Waals surface area contributed by atoms with Crippen LogP contribution in [0.1, 0.15) is 37.8 Å². The summed E-state index contributed by atoms with van der Waals surface area (Å²) in [6.07, 6.45) is 2.97. The average Bonchev–Trinajstić information content (AvgIpc) is 2.77. The molecule has 1 aromatic heterocycles. The maximum absolute atomic E-state index is 11.2. The molecule has 19 heavy (non-hydrogen) atoms. The van der Waals surface area contributed by atoms with Crippen LogP contribution in [-0.4, -0.2) is 28.2 Å². The molecule has 5 nitrogen and oxygen atoms in total. The van der Waals surface area contributed by atoms with E-state index in [2.05, 4.69) is 22.2 Å². The highest BCUT2D eigenvalue weighted by molar-refractivity contribution is 5.75. The molecule has 2 aromatic rings. The van der Waals surface area contributed by atoms with Gasteiger partial charge in [-0.1, -0.05) is 6.07 Å². The number of aliphatic hydroxyl groups excluding tert-OH is 1. The van der Waals surface area contributed by atoms with Crippen molar-refractivity contribution in [3.8, 4) is 0 Å². The Morgan fingerprint density at radius 1 is 1.21 bits per heavy atom. The van der Waals surface area contributed by atoms with Crippen molar-refractivity contribution >= 4 is 11.0 Å². The molecule has 1 atom stereocenters. The molecule has 0 aliphatic rings. The zero-order chi connectivity index (χ0) is 13.7. The molecule has 5 heteroatoms. The molecule has 1 unspecified atom stereocenters. The normalized spacial score (nSPS) is 12.9. The number of aliphatic hydroxyl groups is 1. The van der Waals surface area contributed by atoms with Crippen molar-refractivity contribution in [1.29, 1.82) is 0 Å². The molecule has 1 aromatic carbocycles. The molecule has 104 valence electrons. The SMILES string of the molecule is CC(NCCCCCO)c1ccc2[nH]c(=O)[nH]c2c1. The van der Waals surface area contributed by atoms with Gasteiger partial charge in [0.2, 0.25) is 0 Å². The summed E-state index contributed by atoms with van der Waals surface area (Å²) in [5, 5.41) is 12.1. The van der Waals surface area contributed by atoms with Gasteiger partial charge < -0.3 is 20.4 Å². The lowest BCUT2D eigenvalue weighted by Gasteiger charge is -2.14. The molecule has 0 aliphatic heterocycles. The molecule has 0 saturated carbocycles. The Morgan fingerprint density at radius 2 is 2.00 bits per heavy atom. The topological polar surface area (TPSA) is 80.9 Å². The van der Waals surface area contributed by atoms with E-state index in [1.807, 2.05) is 18.2 Å². The first-order valence-electron chi connectivity index (χ1n) is 6.77. The summed E-state index contributed by atoms with van der Waals surface area (Å²) in [4.78, 5) is 16.7. The number of fused-ring (bicyclic) bond motifs is 1. The highest BCUT2D eigenvalue weighted by Crippen LogP contribution is 2.16. The molecule has 1 heterocycles. The second-order valence-corrected chi connectivity index (χ2v) is 4.84. The van der Waals surface area contributed by atoms with Gasteiger partial charge in [-0.15, -0.1) is 0 Å². The summed E-state index contributed by atoms with van der Waals surface area (Å²) in [5.74, 6) is 0. The summed E-state index contributed by atoms with van der Waals surface area (Å²) in [7, 11) is 0. The third kappa shape index (κ3) is 3.68. The molecular weight excluding hydrogens is 242 g/mol. The Labute approximate surface area is 112 Å². The minimum absolute atomic E-state index is 0.170. The predicted molar refractivity (Wildman–Crippen MR) is 76.3 cm³/mol. The fourth-order valence-electron chi connectivity index (χ4n) is 2.17. The Morgan fingerprint density at radius 3 is 2.79 bits per heavy atom. The first-order chi connectivity index (χ1) is 9.20. The van der Waals surface area contributed by atoms with E-state index in [-0.39, 0.29) is 18.3 Å². The van der Waals surface area contributed by atoms with Crippen LogP contribution in [0.15, 0.2) is 23.0 Å². The third-order valence-electron chi connectivity index (χ3n) is 3.33. The van der Waals surface area contributed by atoms with E-state index >= 15 is 0 Å². The largest absolute Gasteiger partial charge is 0.396 e. The molecule has 0 bridgehead atoms. The first-order valence-corrected chi connectivity index (χ1v) is 6.77. The lowest BCUT2D eigenvalue weighted by Crippen LogP contribution is -2.19. The van der Waals surface area contributed by atoms with Crippen LogP contribution >= 0.6 is 0 Å². The number of nitrogens with one attached hydrogen (secondary N) is 3. The standard InChI is InChI=1S/C14H21N3O2/c1-10(15-7-3-2-4-8-18)11-5-6-12-13(9-11)17-14(19)16-12/h5-6,9-10,15,18H,2-4,7-8H2,1H3,(H2,16,17,19). The van der Waals surface area contributed by atoms with Crippen molar-refractivity contribution in [2.75, 3.05) is 13.2 Å². The smallest absolute Gasteiger partial charge is 0.323 e. The van der Waals surface area contributed by atoms with E-state index < -0.39 is 0 Å². The third-order valence-corrected chi connectivity index (χ3v) is 3.33. The Bertz CT molecular complexity index is 573. The van der Waals surface area contributed by atoms with E-state index in [9.17, 15) is 4.79 Å². The molecule has 0 spiro atoms. The van der Waals surface area contributed by atoms with Gasteiger partial charge in [0.25, 0.3) is 0 Å². The van der Waals surface area contributed by atoms with E-state index in [4.69, 9.17) is 5.11 Å². The van der Waals surface area contributed by atoms with Crippen LogP contribution in [0, 0.1) is 0 Å². The summed E-state index contributed by atoms with van der Waals surface area (Å²) in [6, 6.07) is 6.19. The van der Waals surface area contributed by atoms with E-state index in [0.717, 1.165) is 42.4 Å². The number of imidazole rings is 1. The summed E-state index contributed by atoms with van der Waals surface area (Å²) < 4.78 is 0. The zero-order valence-corrected chi connectivity index (χ0v) is 11.2. The van der Waals surface area contributed by atoms with Gasteiger partial charge in [-0.2, -0.15) is 0 Å². The number of benzene rings is 1. The molecule has 0 fully saturated rings. The second-order valence-electron chi connectivity index (χ2n) is 4.84. The van der Waals surface area contributed by atoms with Crippen molar-refractivity contribution in [1.82, 2.24) is 15.3 Å². The van der Waals surface area contributed by atoms with Crippen LogP contribution in [0.3, 0.4) is 0 Å². The van der Waals surface area contributed by atoms with E-state index in [1.165, 1.54) is 0 Å². The van der Waals surface area contributed by atoms with Crippen LogP contribution in [0.4, 0.5) is 0 Å². The van der Waals surface area contributed by atoms with Crippen molar-refractivity contribution in [3.05, 3.63) is 34.2 Å². The number of rotatable bonds is 7. The van der Waals surface area contributed by atoms with E-state index in [0.29, 0.717) is 0 Å². The van der Waals surface area contributed by atoms with Gasteiger partial charge in [0.15, 0.2) is 0 Å². The van der Waals surface area contributed by atoms with Gasteiger partial charge in [0, 0.05) is 12.6 Å². The quantitative estimate of drug-likeness (QED) is 0.574. The van der Waals surface area contributed by atoms with Crippen LogP contribution in [0.5, 0.6) is 0 Å². The fourth-order valence-corrected chi connectivity index (χ4v) is 2.17. The van der Waals surface area contributed by atoms with Gasteiger partial charge in [-0.05, 0) is 50.4 Å². The lowest BCUT2D eigenvalue weighted by molar-refractivity contribution is 0.282. The Balaban J connectivity index is 1.93. The van der Waals surface area contributed by atoms with Crippen LogP contribution in [0.25, 0.3) is 11.0 Å². The highest BCUT2D eigenvalue weighted by atomic mass is 16.2. The van der Waals surface area contributed by atoms with Crippen LogP contribution in [-0.2, 0) is 0 Å². The van der Waals surface area contributed by atoms with Crippen LogP contribution < -0.4 is 11.0 Å². The van der Waals surface area contributed by atoms with Crippen molar-refractivity contribution in [2.24, 2.45) is 0 Å². The Kier molecular flexibility index (Phi) is 4.76. The van der Waals surface area contributed by atoms with E-state index in [1.54, 1.807) is 0 Å². The number of H-pyrrole nitrogens is 2. The maximum Gasteiger partial charge on any atom is 0.323 e. The van der Waals surface area contributed by atoms with Gasteiger partial charge in [0.05, 0.1) is 11.0 Å². The van der Waals surface area contributed by atoms with Crippen molar-refractivity contribution in [3.63, 3.8) is 0 Å². The molecule has 0 amide bonds. The van der Waals surface area contributed by atoms with Gasteiger partial charge >= 0.3 is 5.69 Å². The lowest BCUT2D eigenvalue weighted by atomic mass is 10.1. The Hall–Kier alpha value is -1.59. The van der Waals surface area contributed by atoms with Gasteiger partial charge in [0.1, 0.15) is 0 Å². The number of unbranched alkanes of at least 4 members (excludes halogenated alkanes) is 2. The van der Waals surface area contributed by atoms with Crippen molar-refractivity contribution < 1.29 is 5.11 Å². The first kappa shape index (κ1) is 13.8. The molecule has 4 N–H and O–H groups in total. The number of hydrogen-bond donors (Lipinski definition) is 4. The molecule has 0 saturated heterocycles. The fraction of sp³-hybridized carbons (Fsp3) is 0.500. The molecule has 2 rings (SSSR count). The number of hydrogen-bond acceptors (Lipinski definition) is 3. The average molecular weight is 263 g/mol. The molecular formula is C14H21N3O2. The monoisotopic (exact) mass is 263 g/mol. The summed E-state index contributed by atoms with van der Waals surface area (Å²) in [6.45, 7) is 3.31. The minimum atomic E-state index is -0.170. The minimum Gasteiger partial charge on any atom is -0.396 e. The van der Waals surface area contributed by atoms with Gasteiger partial charge in [-0.25, -0.2) is 4.79 Å². The summed E-state index contributed by atoms with van der Waals surface area (Å²) in [5.41, 5.74) is 2.67. The van der Waals surface area contributed by atoms with Crippen LogP contribution in [0.2, 0.25) is 0 Å². The van der Waals surface area contributed by atoms with Gasteiger partial charge in [-0.3, -0.25) is 0 Å². The second kappa shape index (κ2) is 6.54. The summed E-state index contributed by atoms with van der Waals surface area (Å²) >= 11 is 0. The van der Waals surface area contributed by atoms with Crippen molar-refractivity contribution in [2.45, 2.75) is 32.2 Å². The highest BCUT2D eigenvalue weighted by Gasteiger charge is 2.06. The maximum atomic E-state index is 11.2. The molecule has 0 radical (unpaired) electrons.